The molecule has 5 amide bonds. The first-order valence-corrected chi connectivity index (χ1v) is 11.5. The van der Waals surface area contributed by atoms with Crippen molar-refractivity contribution in [3.05, 3.63) is 82.6 Å². The lowest BCUT2D eigenvalue weighted by atomic mass is 10.1. The summed E-state index contributed by atoms with van der Waals surface area (Å²) in [5.41, 5.74) is 0.247. The largest absolute Gasteiger partial charge is 0.482 e. The average molecular weight is 538 g/mol. The Kier molecular flexibility index (Phi) is 6.67. The summed E-state index contributed by atoms with van der Waals surface area (Å²) in [5, 5.41) is 4.61. The van der Waals surface area contributed by atoms with Gasteiger partial charge in [-0.15, -0.1) is 0 Å². The number of benzene rings is 3. The molecule has 5 rings (SSSR count). The minimum Gasteiger partial charge on any atom is -0.482 e. The molecule has 192 valence electrons. The van der Waals surface area contributed by atoms with Crippen molar-refractivity contribution >= 4 is 52.8 Å². The first-order valence-electron chi connectivity index (χ1n) is 11.1. The number of hydrogen-bond acceptors (Lipinski definition) is 7. The Bertz CT molecular complexity index is 1520. The fraction of sp³-hybridized carbons (Fsp3) is 0.0769. The second kappa shape index (κ2) is 10.2. The van der Waals surface area contributed by atoms with Crippen molar-refractivity contribution in [3.8, 4) is 17.2 Å². The van der Waals surface area contributed by atoms with E-state index < -0.39 is 36.2 Å². The van der Waals surface area contributed by atoms with Crippen LogP contribution in [0.4, 0.5) is 20.6 Å². The van der Waals surface area contributed by atoms with Crippen LogP contribution in [0, 0.1) is 5.82 Å². The third kappa shape index (κ3) is 5.00. The summed E-state index contributed by atoms with van der Waals surface area (Å²) in [5.74, 6) is -1.94. The molecule has 0 atom stereocenters. The van der Waals surface area contributed by atoms with Gasteiger partial charge in [0.15, 0.2) is 18.1 Å². The molecule has 0 bridgehead atoms. The highest BCUT2D eigenvalue weighted by Crippen LogP contribution is 2.36. The Balaban J connectivity index is 1.30. The van der Waals surface area contributed by atoms with E-state index in [1.165, 1.54) is 54.6 Å². The van der Waals surface area contributed by atoms with Crippen LogP contribution < -0.4 is 29.7 Å². The molecular formula is C26H17ClFN3O7. The number of barbiturate groups is 1. The molecule has 10 nitrogen and oxygen atoms in total. The number of hydrogen-bond donors (Lipinski definition) is 2. The third-order valence-electron chi connectivity index (χ3n) is 5.49. The fourth-order valence-electron chi connectivity index (χ4n) is 3.70. The zero-order valence-corrected chi connectivity index (χ0v) is 20.1. The first-order chi connectivity index (χ1) is 18.3. The van der Waals surface area contributed by atoms with E-state index in [4.69, 9.17) is 25.8 Å². The van der Waals surface area contributed by atoms with Crippen molar-refractivity contribution in [1.82, 2.24) is 5.32 Å². The minimum absolute atomic E-state index is 0.0119. The molecule has 1 saturated heterocycles. The Hall–Kier alpha value is -4.90. The second-order valence-corrected chi connectivity index (χ2v) is 8.41. The molecule has 0 unspecified atom stereocenters. The van der Waals surface area contributed by atoms with Gasteiger partial charge in [-0.25, -0.2) is 14.1 Å². The minimum atomic E-state index is -0.911. The van der Waals surface area contributed by atoms with E-state index >= 15 is 0 Å². The molecule has 0 radical (unpaired) electrons. The number of urea groups is 1. The maximum Gasteiger partial charge on any atom is 0.335 e. The summed E-state index contributed by atoms with van der Waals surface area (Å²) in [6.07, 6.45) is 1.27. The number of para-hydroxylation sites is 1. The maximum atomic E-state index is 13.7. The lowest BCUT2D eigenvalue weighted by molar-refractivity contribution is -0.122. The predicted octanol–water partition coefficient (Wildman–Crippen LogP) is 3.89. The van der Waals surface area contributed by atoms with E-state index in [9.17, 15) is 23.6 Å². The Labute approximate surface area is 219 Å². The number of nitrogens with zero attached hydrogens (tertiary/aromatic N) is 1. The molecule has 3 aromatic carbocycles. The van der Waals surface area contributed by atoms with Gasteiger partial charge in [0.2, 0.25) is 6.79 Å². The van der Waals surface area contributed by atoms with E-state index in [0.29, 0.717) is 17.1 Å². The van der Waals surface area contributed by atoms with Gasteiger partial charge in [0.25, 0.3) is 17.7 Å². The lowest BCUT2D eigenvalue weighted by Gasteiger charge is -2.26. The highest BCUT2D eigenvalue weighted by atomic mass is 35.5. The van der Waals surface area contributed by atoms with Gasteiger partial charge in [-0.05, 0) is 48.0 Å². The number of nitrogens with one attached hydrogen (secondary N) is 2. The van der Waals surface area contributed by atoms with Crippen LogP contribution in [-0.2, 0) is 14.4 Å². The van der Waals surface area contributed by atoms with Crippen LogP contribution >= 0.6 is 11.6 Å². The van der Waals surface area contributed by atoms with Gasteiger partial charge in [0.1, 0.15) is 17.1 Å². The van der Waals surface area contributed by atoms with Crippen LogP contribution in [0.3, 0.4) is 0 Å². The maximum absolute atomic E-state index is 13.7. The van der Waals surface area contributed by atoms with Crippen molar-refractivity contribution in [2.75, 3.05) is 23.6 Å². The van der Waals surface area contributed by atoms with Crippen LogP contribution in [0.15, 0.2) is 66.2 Å². The SMILES string of the molecule is O=C(COc1ccc(/C=C2\C(=O)NC(=O)N(c3ccc4c(c3)OCO4)C2=O)cc1Cl)Nc1ccccc1F. The number of carbonyl (C=O) groups excluding carboxylic acids is 4. The van der Waals surface area contributed by atoms with Crippen LogP contribution in [0.2, 0.25) is 5.02 Å². The zero-order chi connectivity index (χ0) is 26.8. The number of rotatable bonds is 6. The van der Waals surface area contributed by atoms with Crippen molar-refractivity contribution in [3.63, 3.8) is 0 Å². The number of amides is 5. The van der Waals surface area contributed by atoms with Gasteiger partial charge >= 0.3 is 6.03 Å². The second-order valence-electron chi connectivity index (χ2n) is 8.00. The summed E-state index contributed by atoms with van der Waals surface area (Å²) >= 11 is 6.27. The van der Waals surface area contributed by atoms with Gasteiger partial charge < -0.3 is 19.5 Å². The van der Waals surface area contributed by atoms with E-state index in [2.05, 4.69) is 10.6 Å². The molecule has 0 spiro atoms. The molecule has 1 fully saturated rings. The molecule has 2 heterocycles. The van der Waals surface area contributed by atoms with Crippen molar-refractivity contribution in [2.24, 2.45) is 0 Å². The Morgan fingerprint density at radius 2 is 1.87 bits per heavy atom. The molecular weight excluding hydrogens is 521 g/mol. The summed E-state index contributed by atoms with van der Waals surface area (Å²) < 4.78 is 29.7. The fourth-order valence-corrected chi connectivity index (χ4v) is 3.94. The molecule has 0 aliphatic carbocycles. The van der Waals surface area contributed by atoms with Crippen molar-refractivity contribution in [1.29, 1.82) is 0 Å². The molecule has 0 saturated carbocycles. The van der Waals surface area contributed by atoms with E-state index in [1.54, 1.807) is 12.1 Å². The molecule has 2 aliphatic heterocycles. The van der Waals surface area contributed by atoms with Crippen LogP contribution in [0.1, 0.15) is 5.56 Å². The average Bonchev–Trinajstić information content (AvgIpc) is 3.35. The normalized spacial score (nSPS) is 15.5. The number of carbonyl (C=O) groups is 4. The van der Waals surface area contributed by atoms with E-state index in [1.807, 2.05) is 0 Å². The van der Waals surface area contributed by atoms with Crippen molar-refractivity contribution < 1.29 is 37.8 Å². The zero-order valence-electron chi connectivity index (χ0n) is 19.3. The molecule has 0 aromatic heterocycles. The first kappa shape index (κ1) is 24.8. The summed E-state index contributed by atoms with van der Waals surface area (Å²) in [6.45, 7) is -0.429. The summed E-state index contributed by atoms with van der Waals surface area (Å²) in [4.78, 5) is 51.0. The predicted molar refractivity (Wildman–Crippen MR) is 134 cm³/mol. The summed E-state index contributed by atoms with van der Waals surface area (Å²) in [6, 6.07) is 13.6. The van der Waals surface area contributed by atoms with Gasteiger partial charge in [-0.1, -0.05) is 29.8 Å². The number of imide groups is 2. The number of anilines is 2. The van der Waals surface area contributed by atoms with Gasteiger partial charge in [0, 0.05) is 6.07 Å². The van der Waals surface area contributed by atoms with Crippen molar-refractivity contribution in [2.45, 2.75) is 0 Å². The van der Waals surface area contributed by atoms with E-state index in [0.717, 1.165) is 4.90 Å². The van der Waals surface area contributed by atoms with Gasteiger partial charge in [0.05, 0.1) is 16.4 Å². The smallest absolute Gasteiger partial charge is 0.335 e. The van der Waals surface area contributed by atoms with Crippen LogP contribution in [0.25, 0.3) is 6.08 Å². The number of halogens is 2. The monoisotopic (exact) mass is 537 g/mol. The molecule has 12 heteroatoms. The lowest BCUT2D eigenvalue weighted by Crippen LogP contribution is -2.54. The van der Waals surface area contributed by atoms with Gasteiger partial charge in [-0.2, -0.15) is 0 Å². The number of ether oxygens (including phenoxy) is 3. The topological polar surface area (TPSA) is 123 Å². The highest BCUT2D eigenvalue weighted by Gasteiger charge is 2.37. The third-order valence-corrected chi connectivity index (χ3v) is 5.79. The van der Waals surface area contributed by atoms with Crippen LogP contribution in [0.5, 0.6) is 17.2 Å². The quantitative estimate of drug-likeness (QED) is 0.361. The molecule has 3 aromatic rings. The van der Waals surface area contributed by atoms with E-state index in [-0.39, 0.29) is 34.5 Å². The molecule has 2 aliphatic rings. The Morgan fingerprint density at radius 3 is 2.66 bits per heavy atom. The molecule has 38 heavy (non-hydrogen) atoms. The molecule has 2 N–H and O–H groups in total. The number of fused-ring (bicyclic) bond motifs is 1. The summed E-state index contributed by atoms with van der Waals surface area (Å²) in [7, 11) is 0. The van der Waals surface area contributed by atoms with Gasteiger partial charge in [-0.3, -0.25) is 19.7 Å². The standard InChI is InChI=1S/C26H17ClFN3O7/c27-17-10-14(5-7-20(17)36-12-23(32)29-19-4-2-1-3-18(19)28)9-16-24(33)30-26(35)31(25(16)34)15-6-8-21-22(11-15)38-13-37-21/h1-11H,12-13H2,(H,29,32)(H,30,33,35)/b16-9+. The Morgan fingerprint density at radius 1 is 1.08 bits per heavy atom. The van der Waals surface area contributed by atoms with Crippen LogP contribution in [-0.4, -0.2) is 37.2 Å². The highest BCUT2D eigenvalue weighted by molar-refractivity contribution is 6.39.